The summed E-state index contributed by atoms with van der Waals surface area (Å²) in [4.78, 5) is 22.8. The number of carbonyl (C=O) groups excluding carboxylic acids is 1. The van der Waals surface area contributed by atoms with Crippen LogP contribution in [0, 0.1) is 0 Å². The van der Waals surface area contributed by atoms with E-state index in [2.05, 4.69) is 5.32 Å². The lowest BCUT2D eigenvalue weighted by atomic mass is 10.2. The van der Waals surface area contributed by atoms with Crippen LogP contribution in [0.2, 0.25) is 0 Å². The molecule has 1 unspecified atom stereocenters. The maximum Gasteiger partial charge on any atom is 0.257 e. The average Bonchev–Trinajstić information content (AvgIpc) is 3.46. The smallest absolute Gasteiger partial charge is 0.257 e. The molecule has 1 aliphatic rings. The van der Waals surface area contributed by atoms with E-state index in [1.54, 1.807) is 30.9 Å². The van der Waals surface area contributed by atoms with Crippen molar-refractivity contribution in [3.8, 4) is 17.2 Å². The van der Waals surface area contributed by atoms with Crippen LogP contribution in [0.4, 0.5) is 5.82 Å². The summed E-state index contributed by atoms with van der Waals surface area (Å²) in [5, 5.41) is 2.96. The number of methoxy groups -OCH3 is 2. The van der Waals surface area contributed by atoms with Gasteiger partial charge in [0.25, 0.3) is 5.91 Å². The van der Waals surface area contributed by atoms with Crippen LogP contribution < -0.4 is 20.5 Å². The first-order chi connectivity index (χ1) is 16.1. The lowest BCUT2D eigenvalue weighted by Gasteiger charge is -2.13. The maximum absolute atomic E-state index is 13.3. The lowest BCUT2D eigenvalue weighted by molar-refractivity contribution is 0.0859. The number of nitrogen functional groups attached to an aromatic ring is 1. The standard InChI is InChI=1S/C24H25N5O4/c1-31-18-10-9-14(12-19(18)32-2)29-22(25)20(24(30)26-13-15-6-5-11-33-15)21-23(29)28-17-8-4-3-7-16(17)27-21/h3-4,7-10,12,15H,5-6,11,13,25H2,1-2H3,(H,26,30). The summed E-state index contributed by atoms with van der Waals surface area (Å²) in [6.45, 7) is 1.14. The maximum atomic E-state index is 13.3. The van der Waals surface area contributed by atoms with Crippen molar-refractivity contribution < 1.29 is 19.0 Å². The Kier molecular flexibility index (Phi) is 5.47. The molecule has 0 aliphatic carbocycles. The first-order valence-electron chi connectivity index (χ1n) is 10.8. The third-order valence-corrected chi connectivity index (χ3v) is 5.86. The fraction of sp³-hybridized carbons (Fsp3) is 0.292. The van der Waals surface area contributed by atoms with Crippen LogP contribution in [0.1, 0.15) is 23.2 Å². The van der Waals surface area contributed by atoms with Gasteiger partial charge in [-0.05, 0) is 37.1 Å². The molecule has 0 bridgehead atoms. The zero-order valence-electron chi connectivity index (χ0n) is 18.5. The van der Waals surface area contributed by atoms with Gasteiger partial charge in [0.2, 0.25) is 0 Å². The van der Waals surface area contributed by atoms with Gasteiger partial charge in [-0.15, -0.1) is 0 Å². The number of hydrogen-bond acceptors (Lipinski definition) is 7. The van der Waals surface area contributed by atoms with Crippen molar-refractivity contribution >= 4 is 33.9 Å². The minimum atomic E-state index is -0.309. The molecule has 3 N–H and O–H groups in total. The molecule has 170 valence electrons. The van der Waals surface area contributed by atoms with Crippen LogP contribution in [-0.2, 0) is 4.74 Å². The summed E-state index contributed by atoms with van der Waals surface area (Å²) in [6.07, 6.45) is 1.94. The van der Waals surface area contributed by atoms with Crippen molar-refractivity contribution in [2.75, 3.05) is 33.1 Å². The molecule has 1 saturated heterocycles. The molecule has 0 spiro atoms. The molecule has 0 saturated carbocycles. The van der Waals surface area contributed by atoms with E-state index in [4.69, 9.17) is 29.9 Å². The van der Waals surface area contributed by atoms with E-state index >= 15 is 0 Å². The quantitative estimate of drug-likeness (QED) is 0.467. The van der Waals surface area contributed by atoms with E-state index in [0.717, 1.165) is 19.4 Å². The number of carbonyl (C=O) groups is 1. The molecule has 2 aromatic carbocycles. The van der Waals surface area contributed by atoms with Crippen molar-refractivity contribution in [1.29, 1.82) is 0 Å². The molecular formula is C24H25N5O4. The van der Waals surface area contributed by atoms with Gasteiger partial charge in [0, 0.05) is 19.2 Å². The van der Waals surface area contributed by atoms with E-state index in [-0.39, 0.29) is 23.4 Å². The van der Waals surface area contributed by atoms with Crippen molar-refractivity contribution in [1.82, 2.24) is 19.9 Å². The molecule has 1 amide bonds. The summed E-state index contributed by atoms with van der Waals surface area (Å²) < 4.78 is 18.2. The fourth-order valence-electron chi connectivity index (χ4n) is 4.21. The molecule has 5 rings (SSSR count). The summed E-state index contributed by atoms with van der Waals surface area (Å²) in [6, 6.07) is 12.9. The fourth-order valence-corrected chi connectivity index (χ4v) is 4.21. The first-order valence-corrected chi connectivity index (χ1v) is 10.8. The van der Waals surface area contributed by atoms with E-state index in [9.17, 15) is 4.79 Å². The highest BCUT2D eigenvalue weighted by Crippen LogP contribution is 2.35. The lowest BCUT2D eigenvalue weighted by Crippen LogP contribution is -2.32. The molecule has 9 heteroatoms. The molecule has 1 aliphatic heterocycles. The molecule has 1 atom stereocenters. The number of fused-ring (bicyclic) bond motifs is 2. The minimum Gasteiger partial charge on any atom is -0.493 e. The highest BCUT2D eigenvalue weighted by molar-refractivity contribution is 6.11. The van der Waals surface area contributed by atoms with E-state index in [0.29, 0.717) is 45.9 Å². The van der Waals surface area contributed by atoms with Crippen LogP contribution in [0.3, 0.4) is 0 Å². The number of benzene rings is 2. The van der Waals surface area contributed by atoms with E-state index in [1.807, 2.05) is 30.3 Å². The van der Waals surface area contributed by atoms with Crippen molar-refractivity contribution in [2.24, 2.45) is 0 Å². The number of ether oxygens (including phenoxy) is 3. The number of aromatic nitrogens is 3. The summed E-state index contributed by atoms with van der Waals surface area (Å²) >= 11 is 0. The van der Waals surface area contributed by atoms with Crippen LogP contribution in [0.25, 0.3) is 27.9 Å². The van der Waals surface area contributed by atoms with Gasteiger partial charge >= 0.3 is 0 Å². The largest absolute Gasteiger partial charge is 0.493 e. The Morgan fingerprint density at radius 2 is 1.91 bits per heavy atom. The Bertz CT molecular complexity index is 1340. The van der Waals surface area contributed by atoms with Crippen molar-refractivity contribution in [3.63, 3.8) is 0 Å². The molecule has 1 fully saturated rings. The van der Waals surface area contributed by atoms with Gasteiger partial charge in [0.05, 0.1) is 37.0 Å². The van der Waals surface area contributed by atoms with Gasteiger partial charge in [-0.25, -0.2) is 9.97 Å². The number of para-hydroxylation sites is 2. The van der Waals surface area contributed by atoms with E-state index in [1.165, 1.54) is 0 Å². The zero-order valence-corrected chi connectivity index (χ0v) is 18.5. The molecule has 0 radical (unpaired) electrons. The molecule has 3 heterocycles. The van der Waals surface area contributed by atoms with Crippen molar-refractivity contribution in [3.05, 3.63) is 48.0 Å². The number of nitrogens with one attached hydrogen (secondary N) is 1. The summed E-state index contributed by atoms with van der Waals surface area (Å²) in [7, 11) is 3.14. The Morgan fingerprint density at radius 1 is 1.15 bits per heavy atom. The second-order valence-corrected chi connectivity index (χ2v) is 7.86. The topological polar surface area (TPSA) is 114 Å². The Labute approximate surface area is 190 Å². The molecule has 9 nitrogen and oxygen atoms in total. The van der Waals surface area contributed by atoms with Crippen LogP contribution in [0.5, 0.6) is 11.5 Å². The predicted molar refractivity (Wildman–Crippen MR) is 125 cm³/mol. The van der Waals surface area contributed by atoms with Gasteiger partial charge in [0.15, 0.2) is 17.1 Å². The summed E-state index contributed by atoms with van der Waals surface area (Å²) in [5.41, 5.74) is 9.85. The second kappa shape index (κ2) is 8.59. The number of rotatable bonds is 6. The molecule has 33 heavy (non-hydrogen) atoms. The van der Waals surface area contributed by atoms with Gasteiger partial charge in [0.1, 0.15) is 16.9 Å². The number of nitrogens with two attached hydrogens (primary N) is 1. The second-order valence-electron chi connectivity index (χ2n) is 7.86. The predicted octanol–water partition coefficient (Wildman–Crippen LogP) is 3.08. The molecular weight excluding hydrogens is 422 g/mol. The SMILES string of the molecule is COc1ccc(-n2c(N)c(C(=O)NCC3CCCO3)c3nc4ccccc4nc32)cc1OC. The van der Waals surface area contributed by atoms with Gasteiger partial charge in [-0.1, -0.05) is 12.1 Å². The average molecular weight is 447 g/mol. The van der Waals surface area contributed by atoms with Crippen LogP contribution in [0.15, 0.2) is 42.5 Å². The first kappa shape index (κ1) is 21.0. The Morgan fingerprint density at radius 3 is 2.61 bits per heavy atom. The number of anilines is 1. The monoisotopic (exact) mass is 447 g/mol. The minimum absolute atomic E-state index is 0.0151. The van der Waals surface area contributed by atoms with Gasteiger partial charge in [-0.2, -0.15) is 0 Å². The molecule has 4 aromatic rings. The number of nitrogens with zero attached hydrogens (tertiary/aromatic N) is 3. The van der Waals surface area contributed by atoms with Gasteiger partial charge < -0.3 is 25.3 Å². The summed E-state index contributed by atoms with van der Waals surface area (Å²) in [5.74, 6) is 1.06. The third-order valence-electron chi connectivity index (χ3n) is 5.86. The zero-order chi connectivity index (χ0) is 22.9. The number of hydrogen-bond donors (Lipinski definition) is 2. The third kappa shape index (κ3) is 3.70. The Balaban J connectivity index is 1.67. The van der Waals surface area contributed by atoms with E-state index < -0.39 is 0 Å². The van der Waals surface area contributed by atoms with Crippen LogP contribution in [-0.4, -0.2) is 53.9 Å². The highest BCUT2D eigenvalue weighted by atomic mass is 16.5. The highest BCUT2D eigenvalue weighted by Gasteiger charge is 2.26. The van der Waals surface area contributed by atoms with Crippen LogP contribution >= 0.6 is 0 Å². The van der Waals surface area contributed by atoms with Crippen molar-refractivity contribution in [2.45, 2.75) is 18.9 Å². The number of amides is 1. The Hall–Kier alpha value is -3.85. The molecule has 2 aromatic heterocycles. The normalized spacial score (nSPS) is 15.8. The van der Waals surface area contributed by atoms with Gasteiger partial charge in [-0.3, -0.25) is 9.36 Å².